The number of thiazole rings is 1. The first kappa shape index (κ1) is 31.6. The van der Waals surface area contributed by atoms with E-state index in [0.29, 0.717) is 54.3 Å². The fourth-order valence-corrected chi connectivity index (χ4v) is 6.47. The van der Waals surface area contributed by atoms with Gasteiger partial charge in [0.1, 0.15) is 6.61 Å². The number of fused-ring (bicyclic) bond motifs is 1. The van der Waals surface area contributed by atoms with Crippen LogP contribution in [0.15, 0.2) is 87.8 Å². The topological polar surface area (TPSA) is 79.1 Å². The molecule has 0 N–H and O–H groups in total. The molecule has 4 aromatic rings. The molecule has 1 atom stereocenters. The molecule has 0 spiro atoms. The summed E-state index contributed by atoms with van der Waals surface area (Å²) in [7, 11) is 1.56. The number of unbranched alkanes of at least 4 members (excludes halogenated alkanes) is 2. The lowest BCUT2D eigenvalue weighted by molar-refractivity contribution is -0.140. The van der Waals surface area contributed by atoms with Crippen LogP contribution < -0.4 is 24.4 Å². The summed E-state index contributed by atoms with van der Waals surface area (Å²) >= 11 is 13.7. The first-order valence-corrected chi connectivity index (χ1v) is 15.9. The Balaban J connectivity index is 1.60. The largest absolute Gasteiger partial charge is 0.493 e. The van der Waals surface area contributed by atoms with Crippen molar-refractivity contribution in [1.29, 1.82) is 0 Å². The summed E-state index contributed by atoms with van der Waals surface area (Å²) in [5.41, 5.74) is 2.56. The lowest BCUT2D eigenvalue weighted by atomic mass is 9.95. The van der Waals surface area contributed by atoms with E-state index >= 15 is 0 Å². The molecule has 0 saturated heterocycles. The van der Waals surface area contributed by atoms with Crippen molar-refractivity contribution in [1.82, 2.24) is 4.57 Å². The van der Waals surface area contributed by atoms with E-state index in [1.807, 2.05) is 42.5 Å². The van der Waals surface area contributed by atoms with E-state index in [9.17, 15) is 9.59 Å². The van der Waals surface area contributed by atoms with E-state index in [0.717, 1.165) is 24.8 Å². The third kappa shape index (κ3) is 6.93. The first-order chi connectivity index (χ1) is 21.3. The fraction of sp³-hybridized carbons (Fsp3) is 0.265. The Bertz CT molecular complexity index is 1880. The molecule has 0 amide bonds. The molecule has 1 aliphatic rings. The number of aromatic nitrogens is 1. The number of nitrogens with zero attached hydrogens (tertiary/aromatic N) is 2. The zero-order chi connectivity index (χ0) is 31.2. The number of esters is 1. The Morgan fingerprint density at radius 1 is 1.05 bits per heavy atom. The maximum Gasteiger partial charge on any atom is 0.338 e. The van der Waals surface area contributed by atoms with Gasteiger partial charge in [-0.3, -0.25) is 9.36 Å². The molecular weight excluding hydrogens is 619 g/mol. The molecule has 228 valence electrons. The number of halogens is 2. The number of benzene rings is 3. The van der Waals surface area contributed by atoms with Crippen molar-refractivity contribution in [3.8, 4) is 11.5 Å². The number of hydrogen-bond acceptors (Lipinski definition) is 7. The summed E-state index contributed by atoms with van der Waals surface area (Å²) in [6, 6.07) is 19.2. The van der Waals surface area contributed by atoms with Gasteiger partial charge in [-0.2, -0.15) is 0 Å². The van der Waals surface area contributed by atoms with E-state index in [1.165, 1.54) is 15.9 Å². The normalized spacial score (nSPS) is 14.7. The zero-order valence-corrected chi connectivity index (χ0v) is 27.0. The van der Waals surface area contributed by atoms with Gasteiger partial charge in [0, 0.05) is 10.0 Å². The average molecular weight is 652 g/mol. The van der Waals surface area contributed by atoms with Gasteiger partial charge in [0.2, 0.25) is 0 Å². The molecule has 0 aliphatic carbocycles. The highest BCUT2D eigenvalue weighted by Gasteiger charge is 2.34. The Morgan fingerprint density at radius 2 is 1.84 bits per heavy atom. The smallest absolute Gasteiger partial charge is 0.338 e. The number of allylic oxidation sites excluding steroid dienone is 1. The lowest BCUT2D eigenvalue weighted by Crippen LogP contribution is -2.39. The van der Waals surface area contributed by atoms with E-state index in [2.05, 4.69) is 11.9 Å². The average Bonchev–Trinajstić information content (AvgIpc) is 3.33. The number of methoxy groups -OCH3 is 1. The third-order valence-electron chi connectivity index (χ3n) is 7.21. The molecule has 3 aromatic carbocycles. The van der Waals surface area contributed by atoms with Crippen LogP contribution in [0.5, 0.6) is 11.5 Å². The number of hydrogen-bond donors (Lipinski definition) is 0. The highest BCUT2D eigenvalue weighted by molar-refractivity contribution is 7.07. The summed E-state index contributed by atoms with van der Waals surface area (Å²) in [4.78, 5) is 32.9. The number of carbonyl (C=O) groups excluding carboxylic acids is 1. The first-order valence-electron chi connectivity index (χ1n) is 14.3. The molecule has 1 aromatic heterocycles. The second-order valence-corrected chi connectivity index (χ2v) is 12.1. The Morgan fingerprint density at radius 3 is 2.57 bits per heavy atom. The van der Waals surface area contributed by atoms with Crippen LogP contribution in [0.4, 0.5) is 0 Å². The van der Waals surface area contributed by atoms with Gasteiger partial charge in [-0.1, -0.05) is 96.8 Å². The van der Waals surface area contributed by atoms with Crippen molar-refractivity contribution in [3.63, 3.8) is 0 Å². The summed E-state index contributed by atoms with van der Waals surface area (Å²) in [6.45, 7) is 4.53. The fourth-order valence-electron chi connectivity index (χ4n) is 4.97. The summed E-state index contributed by atoms with van der Waals surface area (Å²) in [5.74, 6) is 0.528. The van der Waals surface area contributed by atoms with Crippen LogP contribution in [0, 0.1) is 0 Å². The van der Waals surface area contributed by atoms with Crippen molar-refractivity contribution < 1.29 is 19.0 Å². The molecule has 7 nitrogen and oxygen atoms in total. The van der Waals surface area contributed by atoms with Crippen molar-refractivity contribution in [2.75, 3.05) is 13.7 Å². The standard InChI is InChI=1S/C34H32Cl2N2O5S/c1-4-5-9-16-42-27-15-13-24(17-28(27)41-3)31-30(33(40)43-20-22-10-7-6-8-11-22)21(2)37-34-38(31)32(39)29(44-34)18-23-12-14-25(35)19-26(23)36/h6-8,10-15,17-19,31H,4-5,9,16,20H2,1-3H3. The van der Waals surface area contributed by atoms with Crippen molar-refractivity contribution in [2.45, 2.75) is 45.8 Å². The molecule has 0 fully saturated rings. The van der Waals surface area contributed by atoms with Crippen LogP contribution in [0.25, 0.3) is 6.08 Å². The molecule has 0 bridgehead atoms. The van der Waals surface area contributed by atoms with Gasteiger partial charge in [-0.25, -0.2) is 9.79 Å². The minimum atomic E-state index is -0.819. The zero-order valence-electron chi connectivity index (χ0n) is 24.6. The van der Waals surface area contributed by atoms with Crippen LogP contribution in [-0.2, 0) is 16.1 Å². The van der Waals surface area contributed by atoms with Crippen molar-refractivity contribution in [2.24, 2.45) is 4.99 Å². The molecule has 44 heavy (non-hydrogen) atoms. The Hall–Kier alpha value is -3.85. The van der Waals surface area contributed by atoms with E-state index in [4.69, 9.17) is 37.4 Å². The van der Waals surface area contributed by atoms with E-state index in [1.54, 1.807) is 44.4 Å². The molecular formula is C34H32Cl2N2O5S. The van der Waals surface area contributed by atoms with Crippen molar-refractivity contribution >= 4 is 46.6 Å². The predicted octanol–water partition coefficient (Wildman–Crippen LogP) is 6.86. The maximum atomic E-state index is 14.0. The SMILES string of the molecule is CCCCCOc1ccc(C2C(C(=O)OCc3ccccc3)=C(C)N=c3sc(=Cc4ccc(Cl)cc4Cl)c(=O)n32)cc1OC. The summed E-state index contributed by atoms with van der Waals surface area (Å²) in [6.07, 6.45) is 4.78. The summed E-state index contributed by atoms with van der Waals surface area (Å²) in [5, 5.41) is 0.912. The molecule has 1 unspecified atom stereocenters. The second-order valence-electron chi connectivity index (χ2n) is 10.3. The highest BCUT2D eigenvalue weighted by Crippen LogP contribution is 2.36. The lowest BCUT2D eigenvalue weighted by Gasteiger charge is -2.25. The maximum absolute atomic E-state index is 14.0. The van der Waals surface area contributed by atoms with Crippen LogP contribution >= 0.6 is 34.5 Å². The van der Waals surface area contributed by atoms with Crippen LogP contribution in [0.3, 0.4) is 0 Å². The minimum absolute atomic E-state index is 0.0799. The van der Waals surface area contributed by atoms with Gasteiger partial charge in [0.25, 0.3) is 5.56 Å². The van der Waals surface area contributed by atoms with Crippen LogP contribution in [0.2, 0.25) is 10.0 Å². The van der Waals surface area contributed by atoms with Gasteiger partial charge in [-0.15, -0.1) is 0 Å². The van der Waals surface area contributed by atoms with Crippen LogP contribution in [-0.4, -0.2) is 24.3 Å². The highest BCUT2D eigenvalue weighted by atomic mass is 35.5. The molecule has 0 saturated carbocycles. The molecule has 5 rings (SSSR count). The third-order valence-corrected chi connectivity index (χ3v) is 8.76. The number of rotatable bonds is 11. The van der Waals surface area contributed by atoms with Gasteiger partial charge < -0.3 is 14.2 Å². The molecule has 1 aliphatic heterocycles. The van der Waals surface area contributed by atoms with Gasteiger partial charge in [-0.05, 0) is 60.4 Å². The minimum Gasteiger partial charge on any atom is -0.493 e. The number of carbonyl (C=O) groups is 1. The second kappa shape index (κ2) is 14.3. The Kier molecular flexibility index (Phi) is 10.3. The van der Waals surface area contributed by atoms with Crippen molar-refractivity contribution in [3.05, 3.63) is 124 Å². The number of ether oxygens (including phenoxy) is 3. The van der Waals surface area contributed by atoms with Crippen LogP contribution in [0.1, 0.15) is 55.8 Å². The van der Waals surface area contributed by atoms with E-state index in [-0.39, 0.29) is 17.7 Å². The molecule has 0 radical (unpaired) electrons. The van der Waals surface area contributed by atoms with Gasteiger partial charge >= 0.3 is 5.97 Å². The quantitative estimate of drug-likeness (QED) is 0.131. The monoisotopic (exact) mass is 650 g/mol. The molecule has 10 heteroatoms. The van der Waals surface area contributed by atoms with E-state index < -0.39 is 12.0 Å². The molecule has 2 heterocycles. The summed E-state index contributed by atoms with van der Waals surface area (Å²) < 4.78 is 19.4. The van der Waals surface area contributed by atoms with Gasteiger partial charge in [0.15, 0.2) is 16.3 Å². The predicted molar refractivity (Wildman–Crippen MR) is 174 cm³/mol. The van der Waals surface area contributed by atoms with Gasteiger partial charge in [0.05, 0.1) is 35.6 Å². The Labute approximate surface area is 269 Å².